The van der Waals surface area contributed by atoms with Gasteiger partial charge < -0.3 is 20.1 Å². The molecule has 6 nitrogen and oxygen atoms in total. The summed E-state index contributed by atoms with van der Waals surface area (Å²) >= 11 is 0. The highest BCUT2D eigenvalue weighted by atomic mass is 16.5. The minimum atomic E-state index is -0.709. The Hall–Kier alpha value is -1.72. The highest BCUT2D eigenvalue weighted by Crippen LogP contribution is 2.22. The second-order valence-corrected chi connectivity index (χ2v) is 4.22. The lowest BCUT2D eigenvalue weighted by Crippen LogP contribution is -2.54. The van der Waals surface area contributed by atoms with Crippen LogP contribution >= 0.6 is 0 Å². The van der Waals surface area contributed by atoms with Gasteiger partial charge in [0.15, 0.2) is 5.70 Å². The van der Waals surface area contributed by atoms with Gasteiger partial charge in [0, 0.05) is 6.54 Å². The van der Waals surface area contributed by atoms with Crippen molar-refractivity contribution in [3.8, 4) is 0 Å². The van der Waals surface area contributed by atoms with Crippen LogP contribution in [-0.4, -0.2) is 41.7 Å². The van der Waals surface area contributed by atoms with Crippen molar-refractivity contribution in [1.82, 2.24) is 10.2 Å². The predicted octanol–water partition coefficient (Wildman–Crippen LogP) is 0.261. The van der Waals surface area contributed by atoms with Gasteiger partial charge in [-0.3, -0.25) is 4.79 Å². The van der Waals surface area contributed by atoms with Crippen LogP contribution in [0.2, 0.25) is 0 Å². The van der Waals surface area contributed by atoms with Crippen LogP contribution in [-0.2, 0) is 14.3 Å². The van der Waals surface area contributed by atoms with Crippen LogP contribution in [0.25, 0.3) is 0 Å². The molecule has 6 heteroatoms. The number of hydrogen-bond donors (Lipinski definition) is 2. The minimum absolute atomic E-state index is 0.124. The molecule has 0 bridgehead atoms. The van der Waals surface area contributed by atoms with E-state index in [4.69, 9.17) is 0 Å². The van der Waals surface area contributed by atoms with E-state index < -0.39 is 17.6 Å². The summed E-state index contributed by atoms with van der Waals surface area (Å²) in [7, 11) is 1.22. The van der Waals surface area contributed by atoms with E-state index in [2.05, 4.69) is 10.1 Å². The fourth-order valence-electron chi connectivity index (χ4n) is 2.24. The lowest BCUT2D eigenvalue weighted by molar-refractivity contribution is -0.141. The number of carbonyl (C=O) groups excluding carboxylic acids is 2. The number of nitrogens with zero attached hydrogens (tertiary/aromatic N) is 1. The summed E-state index contributed by atoms with van der Waals surface area (Å²) in [4.78, 5) is 24.9. The van der Waals surface area contributed by atoms with Crippen LogP contribution in [0.1, 0.15) is 25.7 Å². The molecule has 0 aromatic carbocycles. The summed E-state index contributed by atoms with van der Waals surface area (Å²) in [5.41, 5.74) is -0.124. The second kappa shape index (κ2) is 4.65. The number of fused-ring (bicyclic) bond motifs is 1. The largest absolute Gasteiger partial charge is 0.501 e. The number of aliphatic hydroxyl groups excluding tert-OH is 1. The summed E-state index contributed by atoms with van der Waals surface area (Å²) in [5.74, 6) is -1.74. The smallest absolute Gasteiger partial charge is 0.358 e. The first-order chi connectivity index (χ1) is 8.15. The molecule has 0 aliphatic carbocycles. The van der Waals surface area contributed by atoms with Crippen molar-refractivity contribution in [2.24, 2.45) is 0 Å². The van der Waals surface area contributed by atoms with Gasteiger partial charge in [-0.2, -0.15) is 0 Å². The molecule has 1 atom stereocenters. The summed E-state index contributed by atoms with van der Waals surface area (Å²) in [5, 5.41) is 12.6. The number of nitrogens with one attached hydrogen (secondary N) is 1. The van der Waals surface area contributed by atoms with Crippen LogP contribution in [0.5, 0.6) is 0 Å². The van der Waals surface area contributed by atoms with E-state index in [1.807, 2.05) is 0 Å². The molecule has 2 aliphatic rings. The Kier molecular flexibility index (Phi) is 3.21. The number of amides is 1. The third-order valence-electron chi connectivity index (χ3n) is 3.15. The van der Waals surface area contributed by atoms with Crippen LogP contribution in [0.15, 0.2) is 11.5 Å². The van der Waals surface area contributed by atoms with E-state index in [0.717, 1.165) is 25.7 Å². The van der Waals surface area contributed by atoms with Crippen LogP contribution in [0.4, 0.5) is 0 Å². The first kappa shape index (κ1) is 11.8. The Morgan fingerprint density at radius 2 is 2.24 bits per heavy atom. The van der Waals surface area contributed by atoms with E-state index >= 15 is 0 Å². The second-order valence-electron chi connectivity index (χ2n) is 4.22. The highest BCUT2D eigenvalue weighted by Gasteiger charge is 2.37. The number of rotatable bonds is 1. The third-order valence-corrected chi connectivity index (χ3v) is 3.15. The summed E-state index contributed by atoms with van der Waals surface area (Å²) < 4.78 is 4.53. The van der Waals surface area contributed by atoms with Gasteiger partial charge in [-0.15, -0.1) is 0 Å². The Bertz CT molecular complexity index is 378. The molecule has 2 N–H and O–H groups in total. The lowest BCUT2D eigenvalue weighted by Gasteiger charge is -2.35. The molecule has 2 aliphatic heterocycles. The fourth-order valence-corrected chi connectivity index (χ4v) is 2.24. The zero-order valence-corrected chi connectivity index (χ0v) is 9.73. The van der Waals surface area contributed by atoms with Crippen molar-refractivity contribution in [2.75, 3.05) is 13.7 Å². The van der Waals surface area contributed by atoms with E-state index in [0.29, 0.717) is 6.54 Å². The van der Waals surface area contributed by atoms with Crippen molar-refractivity contribution >= 4 is 11.9 Å². The van der Waals surface area contributed by atoms with Gasteiger partial charge >= 0.3 is 5.97 Å². The number of aliphatic hydroxyl groups is 1. The molecule has 2 rings (SSSR count). The quantitative estimate of drug-likeness (QED) is 0.643. The monoisotopic (exact) mass is 240 g/mol. The van der Waals surface area contributed by atoms with Gasteiger partial charge in [0.1, 0.15) is 6.17 Å². The molecule has 0 radical (unpaired) electrons. The van der Waals surface area contributed by atoms with E-state index in [9.17, 15) is 14.7 Å². The van der Waals surface area contributed by atoms with Crippen LogP contribution < -0.4 is 5.32 Å². The number of carbonyl (C=O) groups is 2. The molecule has 1 unspecified atom stereocenters. The van der Waals surface area contributed by atoms with Gasteiger partial charge in [-0.05, 0) is 19.3 Å². The maximum absolute atomic E-state index is 11.9. The van der Waals surface area contributed by atoms with Crippen molar-refractivity contribution in [3.05, 3.63) is 11.5 Å². The first-order valence-corrected chi connectivity index (χ1v) is 5.74. The van der Waals surface area contributed by atoms with Gasteiger partial charge in [0.05, 0.1) is 7.11 Å². The molecule has 1 fully saturated rings. The van der Waals surface area contributed by atoms with Crippen molar-refractivity contribution in [3.63, 3.8) is 0 Å². The average molecular weight is 240 g/mol. The minimum Gasteiger partial charge on any atom is -0.501 e. The molecule has 2 heterocycles. The summed E-state index contributed by atoms with van der Waals surface area (Å²) in [6, 6.07) is 0. The predicted molar refractivity (Wildman–Crippen MR) is 58.8 cm³/mol. The molecular formula is C11H16N2O4. The lowest BCUT2D eigenvalue weighted by atomic mass is 10.1. The molecule has 0 aromatic rings. The van der Waals surface area contributed by atoms with Gasteiger partial charge in [0.2, 0.25) is 5.76 Å². The van der Waals surface area contributed by atoms with Crippen LogP contribution in [0, 0.1) is 0 Å². The summed E-state index contributed by atoms with van der Waals surface area (Å²) in [6.07, 6.45) is 3.53. The maximum atomic E-state index is 11.9. The Labute approximate surface area is 99.2 Å². The van der Waals surface area contributed by atoms with E-state index in [1.54, 1.807) is 4.90 Å². The Morgan fingerprint density at radius 3 is 2.94 bits per heavy atom. The molecule has 94 valence electrons. The topological polar surface area (TPSA) is 78.9 Å². The fraction of sp³-hybridized carbons (Fsp3) is 0.636. The third kappa shape index (κ3) is 2.07. The molecule has 0 aromatic heterocycles. The van der Waals surface area contributed by atoms with Gasteiger partial charge in [-0.1, -0.05) is 6.42 Å². The molecule has 17 heavy (non-hydrogen) atoms. The number of hydrogen-bond acceptors (Lipinski definition) is 5. The van der Waals surface area contributed by atoms with Crippen molar-refractivity contribution in [1.29, 1.82) is 0 Å². The Balaban J connectivity index is 2.28. The Morgan fingerprint density at radius 1 is 1.47 bits per heavy atom. The first-order valence-electron chi connectivity index (χ1n) is 5.74. The molecule has 1 saturated heterocycles. The molecule has 0 saturated carbocycles. The summed E-state index contributed by atoms with van der Waals surface area (Å²) in [6.45, 7) is 0.606. The average Bonchev–Trinajstić information content (AvgIpc) is 2.58. The standard InChI is InChI=1S/C11H16N2O4/c1-17-11(16)8-9(14)10(15)13-6-4-2-3-5-7(13)12-8/h7,12,14H,2-6H2,1H3. The highest BCUT2D eigenvalue weighted by molar-refractivity contribution is 6.01. The number of ether oxygens (including phenoxy) is 1. The van der Waals surface area contributed by atoms with E-state index in [-0.39, 0.29) is 11.9 Å². The van der Waals surface area contributed by atoms with Crippen molar-refractivity contribution < 1.29 is 19.4 Å². The van der Waals surface area contributed by atoms with Gasteiger partial charge in [-0.25, -0.2) is 4.79 Å². The van der Waals surface area contributed by atoms with Crippen molar-refractivity contribution in [2.45, 2.75) is 31.8 Å². The van der Waals surface area contributed by atoms with E-state index in [1.165, 1.54) is 7.11 Å². The number of esters is 1. The molecule has 0 spiro atoms. The molecule has 1 amide bonds. The molecular weight excluding hydrogens is 224 g/mol. The SMILES string of the molecule is COC(=O)C1=C(O)C(=O)N2CCCCCC2N1. The number of methoxy groups -OCH3 is 1. The zero-order chi connectivity index (χ0) is 12.4. The van der Waals surface area contributed by atoms with Crippen LogP contribution in [0.3, 0.4) is 0 Å². The maximum Gasteiger partial charge on any atom is 0.358 e. The normalized spacial score (nSPS) is 24.9. The van der Waals surface area contributed by atoms with Gasteiger partial charge in [0.25, 0.3) is 5.91 Å². The zero-order valence-electron chi connectivity index (χ0n) is 9.73.